The van der Waals surface area contributed by atoms with Crippen molar-refractivity contribution < 1.29 is 9.90 Å². The second-order valence-corrected chi connectivity index (χ2v) is 7.52. The first-order valence-corrected chi connectivity index (χ1v) is 8.69. The van der Waals surface area contributed by atoms with Gasteiger partial charge >= 0.3 is 0 Å². The molecule has 1 saturated carbocycles. The summed E-state index contributed by atoms with van der Waals surface area (Å²) in [6.07, 6.45) is 11.8. The highest BCUT2D eigenvalue weighted by molar-refractivity contribution is 5.76. The zero-order valence-electron chi connectivity index (χ0n) is 13.3. The van der Waals surface area contributed by atoms with E-state index in [1.165, 1.54) is 25.7 Å². The number of aliphatic hydroxyl groups is 1. The lowest BCUT2D eigenvalue weighted by atomic mass is 9.74. The zero-order valence-corrected chi connectivity index (χ0v) is 13.3. The molecule has 2 bridgehead atoms. The van der Waals surface area contributed by atoms with Crippen LogP contribution in [0.4, 0.5) is 0 Å². The van der Waals surface area contributed by atoms with Gasteiger partial charge in [0.1, 0.15) is 5.78 Å². The Balaban J connectivity index is 1.64. The predicted octanol–water partition coefficient (Wildman–Crippen LogP) is 2.78. The highest BCUT2D eigenvalue weighted by Gasteiger charge is 2.48. The number of carbonyl (C=O) groups excluding carboxylic acids is 1. The Labute approximate surface area is 128 Å². The van der Waals surface area contributed by atoms with Gasteiger partial charge in [-0.3, -0.25) is 4.79 Å². The number of allylic oxidation sites excluding steroid dienone is 2. The molecule has 2 fully saturated rings. The fourth-order valence-electron chi connectivity index (χ4n) is 4.77. The molecule has 0 aromatic heterocycles. The number of ketones is 1. The second-order valence-electron chi connectivity index (χ2n) is 7.52. The van der Waals surface area contributed by atoms with Crippen LogP contribution in [0, 0.1) is 17.8 Å². The van der Waals surface area contributed by atoms with E-state index < -0.39 is 5.60 Å². The van der Waals surface area contributed by atoms with E-state index >= 15 is 0 Å². The van der Waals surface area contributed by atoms with Gasteiger partial charge in [-0.15, -0.1) is 0 Å². The average molecular weight is 291 g/mol. The molecule has 0 amide bonds. The summed E-state index contributed by atoms with van der Waals surface area (Å²) in [4.78, 5) is 14.2. The van der Waals surface area contributed by atoms with E-state index in [1.54, 1.807) is 6.92 Å². The molecule has 4 unspecified atom stereocenters. The smallest absolute Gasteiger partial charge is 0.132 e. The first-order valence-electron chi connectivity index (χ1n) is 8.69. The number of rotatable bonds is 6. The number of Topliss-reactive ketones (excluding diaryl/α,β-unsaturated/α-hetero) is 1. The van der Waals surface area contributed by atoms with Gasteiger partial charge in [0.2, 0.25) is 0 Å². The lowest BCUT2D eigenvalue weighted by Crippen LogP contribution is -2.45. The van der Waals surface area contributed by atoms with Gasteiger partial charge in [-0.05, 0) is 69.9 Å². The minimum absolute atomic E-state index is 0.128. The van der Waals surface area contributed by atoms with Gasteiger partial charge in [0.25, 0.3) is 0 Å². The number of hydrogen-bond acceptors (Lipinski definition) is 3. The molecular formula is C18H29NO2. The van der Waals surface area contributed by atoms with Gasteiger partial charge in [0.15, 0.2) is 0 Å². The third-order valence-electron chi connectivity index (χ3n) is 5.83. The average Bonchev–Trinajstić information content (AvgIpc) is 3.08. The predicted molar refractivity (Wildman–Crippen MR) is 84.0 cm³/mol. The van der Waals surface area contributed by atoms with E-state index in [0.29, 0.717) is 24.2 Å². The molecule has 0 radical (unpaired) electrons. The summed E-state index contributed by atoms with van der Waals surface area (Å²) in [5.41, 5.74) is -0.784. The first-order chi connectivity index (χ1) is 10.1. The quantitative estimate of drug-likeness (QED) is 0.765. The maximum Gasteiger partial charge on any atom is 0.132 e. The Hall–Kier alpha value is -0.670. The molecule has 3 heteroatoms. The lowest BCUT2D eigenvalue weighted by Gasteiger charge is -2.39. The van der Waals surface area contributed by atoms with E-state index in [0.717, 1.165) is 32.5 Å². The zero-order chi connectivity index (χ0) is 14.9. The topological polar surface area (TPSA) is 40.5 Å². The SMILES string of the molecule is CC(=O)CC(O)(CCN1CCCCC1)C1CC2C=CC1C2. The maximum atomic E-state index is 11.7. The number of carbonyl (C=O) groups is 1. The number of nitrogens with zero attached hydrogens (tertiary/aromatic N) is 1. The molecular weight excluding hydrogens is 262 g/mol. The molecule has 1 N–H and O–H groups in total. The number of likely N-dealkylation sites (tertiary alicyclic amines) is 1. The second kappa shape index (κ2) is 6.21. The summed E-state index contributed by atoms with van der Waals surface area (Å²) in [6, 6.07) is 0. The summed E-state index contributed by atoms with van der Waals surface area (Å²) in [5.74, 6) is 1.57. The van der Waals surface area contributed by atoms with Gasteiger partial charge in [0.05, 0.1) is 5.60 Å². The Morgan fingerprint density at radius 2 is 2.00 bits per heavy atom. The molecule has 21 heavy (non-hydrogen) atoms. The lowest BCUT2D eigenvalue weighted by molar-refractivity contribution is -0.126. The summed E-state index contributed by atoms with van der Waals surface area (Å²) in [5, 5.41) is 11.3. The van der Waals surface area contributed by atoms with Crippen LogP contribution in [0.1, 0.15) is 51.9 Å². The van der Waals surface area contributed by atoms with Crippen LogP contribution in [-0.4, -0.2) is 41.0 Å². The van der Waals surface area contributed by atoms with Crippen molar-refractivity contribution in [3.63, 3.8) is 0 Å². The maximum absolute atomic E-state index is 11.7. The number of fused-ring (bicyclic) bond motifs is 2. The van der Waals surface area contributed by atoms with Crippen LogP contribution in [0.25, 0.3) is 0 Å². The van der Waals surface area contributed by atoms with Crippen LogP contribution in [0.2, 0.25) is 0 Å². The van der Waals surface area contributed by atoms with Crippen molar-refractivity contribution in [2.45, 2.75) is 57.5 Å². The molecule has 1 saturated heterocycles. The molecule has 0 spiro atoms. The van der Waals surface area contributed by atoms with Gasteiger partial charge in [-0.1, -0.05) is 18.6 Å². The van der Waals surface area contributed by atoms with Crippen LogP contribution < -0.4 is 0 Å². The molecule has 0 aromatic carbocycles. The van der Waals surface area contributed by atoms with E-state index in [-0.39, 0.29) is 5.78 Å². The van der Waals surface area contributed by atoms with Crippen LogP contribution in [0.3, 0.4) is 0 Å². The molecule has 3 rings (SSSR count). The largest absolute Gasteiger partial charge is 0.389 e. The van der Waals surface area contributed by atoms with Crippen molar-refractivity contribution in [1.82, 2.24) is 4.90 Å². The van der Waals surface area contributed by atoms with Crippen LogP contribution >= 0.6 is 0 Å². The van der Waals surface area contributed by atoms with Gasteiger partial charge in [-0.25, -0.2) is 0 Å². The first kappa shape index (κ1) is 15.2. The van der Waals surface area contributed by atoms with E-state index in [9.17, 15) is 9.90 Å². The standard InChI is InChI=1S/C18H29NO2/c1-14(20)13-18(21,7-10-19-8-3-2-4-9-19)17-12-15-5-6-16(17)11-15/h5-6,15-17,21H,2-4,7-13H2,1H3. The summed E-state index contributed by atoms with van der Waals surface area (Å²) >= 11 is 0. The fraction of sp³-hybridized carbons (Fsp3) is 0.833. The van der Waals surface area contributed by atoms with Crippen molar-refractivity contribution in [2.75, 3.05) is 19.6 Å². The van der Waals surface area contributed by atoms with E-state index in [1.807, 2.05) is 0 Å². The van der Waals surface area contributed by atoms with Gasteiger partial charge < -0.3 is 10.0 Å². The Bertz CT molecular complexity index is 413. The van der Waals surface area contributed by atoms with Crippen molar-refractivity contribution in [1.29, 1.82) is 0 Å². The Morgan fingerprint density at radius 1 is 1.24 bits per heavy atom. The molecule has 2 aliphatic carbocycles. The normalized spacial score (nSPS) is 35.0. The third-order valence-corrected chi connectivity index (χ3v) is 5.83. The Morgan fingerprint density at radius 3 is 2.57 bits per heavy atom. The van der Waals surface area contributed by atoms with Crippen LogP contribution in [0.5, 0.6) is 0 Å². The van der Waals surface area contributed by atoms with Gasteiger partial charge in [-0.2, -0.15) is 0 Å². The van der Waals surface area contributed by atoms with Crippen LogP contribution in [-0.2, 0) is 4.79 Å². The van der Waals surface area contributed by atoms with Crippen molar-refractivity contribution in [3.05, 3.63) is 12.2 Å². The summed E-state index contributed by atoms with van der Waals surface area (Å²) in [7, 11) is 0. The van der Waals surface area contributed by atoms with E-state index in [4.69, 9.17) is 0 Å². The number of piperidine rings is 1. The minimum Gasteiger partial charge on any atom is -0.389 e. The number of hydrogen-bond donors (Lipinski definition) is 1. The van der Waals surface area contributed by atoms with Crippen molar-refractivity contribution in [2.24, 2.45) is 17.8 Å². The highest BCUT2D eigenvalue weighted by Crippen LogP contribution is 2.50. The summed E-state index contributed by atoms with van der Waals surface area (Å²) in [6.45, 7) is 4.88. The molecule has 118 valence electrons. The Kier molecular flexibility index (Phi) is 4.51. The highest BCUT2D eigenvalue weighted by atomic mass is 16.3. The molecule has 3 aliphatic rings. The van der Waals surface area contributed by atoms with Gasteiger partial charge in [0, 0.05) is 13.0 Å². The van der Waals surface area contributed by atoms with Crippen molar-refractivity contribution in [3.8, 4) is 0 Å². The molecule has 1 aliphatic heterocycles. The molecule has 4 atom stereocenters. The molecule has 3 nitrogen and oxygen atoms in total. The van der Waals surface area contributed by atoms with Crippen LogP contribution in [0.15, 0.2) is 12.2 Å². The van der Waals surface area contributed by atoms with E-state index in [2.05, 4.69) is 17.1 Å². The minimum atomic E-state index is -0.784. The van der Waals surface area contributed by atoms with Crippen molar-refractivity contribution >= 4 is 5.78 Å². The monoisotopic (exact) mass is 291 g/mol. The molecule has 0 aromatic rings. The fourth-order valence-corrected chi connectivity index (χ4v) is 4.77. The third kappa shape index (κ3) is 3.40. The molecule has 1 heterocycles. The summed E-state index contributed by atoms with van der Waals surface area (Å²) < 4.78 is 0.